The standard InChI is InChI=1S/C18H15ClN4O2S2/c1-3-8-20-18-22(16(11-27-18)17-5-4-9-26-17)21-12(2)13-6-7-14(19)15(10-13)23(24)25/h3-7,9-11H,1,8H2,2H3. The molecule has 0 amide bonds. The highest BCUT2D eigenvalue weighted by Crippen LogP contribution is 2.27. The van der Waals surface area contributed by atoms with E-state index in [1.165, 1.54) is 23.5 Å². The second-order valence-corrected chi connectivity index (χ2v) is 7.62. The maximum Gasteiger partial charge on any atom is 0.288 e. The summed E-state index contributed by atoms with van der Waals surface area (Å²) in [6.07, 6.45) is 1.72. The van der Waals surface area contributed by atoms with E-state index in [9.17, 15) is 10.1 Å². The van der Waals surface area contributed by atoms with E-state index in [4.69, 9.17) is 11.6 Å². The molecule has 0 aliphatic carbocycles. The molecule has 3 rings (SSSR count). The van der Waals surface area contributed by atoms with E-state index in [1.807, 2.05) is 22.9 Å². The van der Waals surface area contributed by atoms with Crippen molar-refractivity contribution in [3.63, 3.8) is 0 Å². The Bertz CT molecular complexity index is 1080. The van der Waals surface area contributed by atoms with Crippen LogP contribution in [0.3, 0.4) is 0 Å². The number of thiophene rings is 1. The van der Waals surface area contributed by atoms with Crippen molar-refractivity contribution in [3.05, 3.63) is 79.2 Å². The predicted molar refractivity (Wildman–Crippen MR) is 112 cm³/mol. The molecule has 2 heterocycles. The third-order valence-electron chi connectivity index (χ3n) is 3.63. The zero-order valence-electron chi connectivity index (χ0n) is 14.3. The molecule has 9 heteroatoms. The van der Waals surface area contributed by atoms with Crippen molar-refractivity contribution in [1.82, 2.24) is 4.68 Å². The Balaban J connectivity index is 2.13. The molecule has 27 heavy (non-hydrogen) atoms. The van der Waals surface area contributed by atoms with Gasteiger partial charge >= 0.3 is 0 Å². The number of aromatic nitrogens is 1. The van der Waals surface area contributed by atoms with Crippen LogP contribution in [0.5, 0.6) is 0 Å². The Morgan fingerprint density at radius 1 is 1.41 bits per heavy atom. The van der Waals surface area contributed by atoms with Gasteiger partial charge < -0.3 is 0 Å². The van der Waals surface area contributed by atoms with Gasteiger partial charge in [-0.3, -0.25) is 15.1 Å². The molecule has 3 aromatic rings. The third kappa shape index (κ3) is 4.24. The highest BCUT2D eigenvalue weighted by Gasteiger charge is 2.15. The van der Waals surface area contributed by atoms with Gasteiger partial charge in [0.05, 0.1) is 27.8 Å². The lowest BCUT2D eigenvalue weighted by atomic mass is 10.1. The normalized spacial score (nSPS) is 12.4. The first-order valence-electron chi connectivity index (χ1n) is 7.87. The fourth-order valence-electron chi connectivity index (χ4n) is 2.33. The Morgan fingerprint density at radius 3 is 2.89 bits per heavy atom. The van der Waals surface area contributed by atoms with Crippen molar-refractivity contribution in [2.75, 3.05) is 6.54 Å². The number of nitro benzene ring substituents is 1. The number of thiazole rings is 1. The molecule has 0 saturated heterocycles. The Kier molecular flexibility index (Phi) is 6.00. The minimum absolute atomic E-state index is 0.0979. The average Bonchev–Trinajstić information content (AvgIpc) is 3.30. The molecule has 0 aliphatic rings. The minimum atomic E-state index is -0.501. The van der Waals surface area contributed by atoms with Crippen LogP contribution in [0.4, 0.5) is 5.69 Å². The Labute approximate surface area is 168 Å². The first-order chi connectivity index (χ1) is 13.0. The molecule has 0 aliphatic heterocycles. The SMILES string of the molecule is C=CCN=c1scc(-c2cccs2)n1N=C(C)c1ccc(Cl)c([N+](=O)[O-])c1. The second kappa shape index (κ2) is 8.43. The summed E-state index contributed by atoms with van der Waals surface area (Å²) in [5.74, 6) is 0. The summed E-state index contributed by atoms with van der Waals surface area (Å²) in [5.41, 5.74) is 2.01. The number of nitro groups is 1. The number of hydrogen-bond acceptors (Lipinski definition) is 6. The molecular formula is C18H15ClN4O2S2. The van der Waals surface area contributed by atoms with Crippen molar-refractivity contribution >= 4 is 45.7 Å². The van der Waals surface area contributed by atoms with E-state index >= 15 is 0 Å². The lowest BCUT2D eigenvalue weighted by molar-refractivity contribution is -0.384. The molecule has 138 valence electrons. The third-order valence-corrected chi connectivity index (χ3v) is 5.69. The second-order valence-electron chi connectivity index (χ2n) is 5.43. The van der Waals surface area contributed by atoms with Gasteiger partial charge in [-0.05, 0) is 24.4 Å². The molecule has 0 unspecified atom stereocenters. The van der Waals surface area contributed by atoms with Gasteiger partial charge in [0.15, 0.2) is 0 Å². The predicted octanol–water partition coefficient (Wildman–Crippen LogP) is 5.20. The molecule has 0 bridgehead atoms. The molecular weight excluding hydrogens is 404 g/mol. The van der Waals surface area contributed by atoms with Gasteiger partial charge in [-0.25, -0.2) is 4.68 Å². The molecule has 6 nitrogen and oxygen atoms in total. The molecule has 0 spiro atoms. The molecule has 0 N–H and O–H groups in total. The van der Waals surface area contributed by atoms with E-state index in [1.54, 1.807) is 35.1 Å². The summed E-state index contributed by atoms with van der Waals surface area (Å²) in [5, 5.41) is 19.9. The van der Waals surface area contributed by atoms with Crippen LogP contribution in [0.1, 0.15) is 12.5 Å². The number of hydrogen-bond donors (Lipinski definition) is 0. The van der Waals surface area contributed by atoms with Crippen LogP contribution < -0.4 is 4.80 Å². The Hall–Kier alpha value is -2.55. The molecule has 0 radical (unpaired) electrons. The Morgan fingerprint density at radius 2 is 2.22 bits per heavy atom. The maximum absolute atomic E-state index is 11.2. The van der Waals surface area contributed by atoms with Crippen molar-refractivity contribution in [2.24, 2.45) is 10.1 Å². The largest absolute Gasteiger partial charge is 0.288 e. The van der Waals surface area contributed by atoms with Crippen LogP contribution in [0.15, 0.2) is 63.8 Å². The topological polar surface area (TPSA) is 72.8 Å². The number of benzene rings is 1. The van der Waals surface area contributed by atoms with Gasteiger partial charge in [-0.15, -0.1) is 29.3 Å². The van der Waals surface area contributed by atoms with Crippen LogP contribution in [0.25, 0.3) is 10.6 Å². The smallest absolute Gasteiger partial charge is 0.258 e. The first kappa shape index (κ1) is 19.2. The van der Waals surface area contributed by atoms with Crippen molar-refractivity contribution in [1.29, 1.82) is 0 Å². The lowest BCUT2D eigenvalue weighted by Gasteiger charge is -2.05. The van der Waals surface area contributed by atoms with Gasteiger partial charge in [0.25, 0.3) is 5.69 Å². The molecule has 1 aromatic carbocycles. The minimum Gasteiger partial charge on any atom is -0.258 e. The number of halogens is 1. The van der Waals surface area contributed by atoms with E-state index in [0.29, 0.717) is 17.8 Å². The lowest BCUT2D eigenvalue weighted by Crippen LogP contribution is -2.14. The van der Waals surface area contributed by atoms with Crippen LogP contribution in [-0.4, -0.2) is 21.9 Å². The summed E-state index contributed by atoms with van der Waals surface area (Å²) < 4.78 is 1.76. The average molecular weight is 419 g/mol. The monoisotopic (exact) mass is 418 g/mol. The van der Waals surface area contributed by atoms with E-state index in [2.05, 4.69) is 16.7 Å². The summed E-state index contributed by atoms with van der Waals surface area (Å²) in [4.78, 5) is 16.9. The first-order valence-corrected chi connectivity index (χ1v) is 10.0. The zero-order valence-corrected chi connectivity index (χ0v) is 16.7. The van der Waals surface area contributed by atoms with Crippen molar-refractivity contribution in [3.8, 4) is 10.6 Å². The van der Waals surface area contributed by atoms with Gasteiger partial charge in [0, 0.05) is 17.0 Å². The summed E-state index contributed by atoms with van der Waals surface area (Å²) in [6, 6.07) is 8.64. The van der Waals surface area contributed by atoms with Crippen LogP contribution in [-0.2, 0) is 0 Å². The molecule has 0 atom stereocenters. The highest BCUT2D eigenvalue weighted by atomic mass is 35.5. The maximum atomic E-state index is 11.2. The van der Waals surface area contributed by atoms with Crippen molar-refractivity contribution in [2.45, 2.75) is 6.92 Å². The summed E-state index contributed by atoms with van der Waals surface area (Å²) in [7, 11) is 0. The highest BCUT2D eigenvalue weighted by molar-refractivity contribution is 7.14. The number of nitrogens with zero attached hydrogens (tertiary/aromatic N) is 4. The van der Waals surface area contributed by atoms with Gasteiger partial charge in [-0.2, -0.15) is 5.10 Å². The molecule has 0 fully saturated rings. The van der Waals surface area contributed by atoms with Crippen LogP contribution in [0.2, 0.25) is 5.02 Å². The molecule has 2 aromatic heterocycles. The molecule has 0 saturated carbocycles. The van der Waals surface area contributed by atoms with E-state index in [0.717, 1.165) is 15.4 Å². The van der Waals surface area contributed by atoms with Crippen molar-refractivity contribution < 1.29 is 4.92 Å². The summed E-state index contributed by atoms with van der Waals surface area (Å²) >= 11 is 8.99. The van der Waals surface area contributed by atoms with Gasteiger partial charge in [0.1, 0.15) is 5.02 Å². The van der Waals surface area contributed by atoms with E-state index < -0.39 is 4.92 Å². The van der Waals surface area contributed by atoms with Crippen LogP contribution in [0, 0.1) is 10.1 Å². The fraction of sp³-hybridized carbons (Fsp3) is 0.111. The zero-order chi connectivity index (χ0) is 19.4. The quantitative estimate of drug-likeness (QED) is 0.239. The van der Waals surface area contributed by atoms with Gasteiger partial charge in [0.2, 0.25) is 4.80 Å². The number of rotatable bonds is 6. The van der Waals surface area contributed by atoms with E-state index in [-0.39, 0.29) is 10.7 Å². The van der Waals surface area contributed by atoms with Gasteiger partial charge in [-0.1, -0.05) is 29.8 Å². The fourth-order valence-corrected chi connectivity index (χ4v) is 4.15. The summed E-state index contributed by atoms with van der Waals surface area (Å²) in [6.45, 7) is 5.97. The van der Waals surface area contributed by atoms with Crippen LogP contribution >= 0.6 is 34.3 Å².